The molecule has 3 unspecified atom stereocenters. The van der Waals surface area contributed by atoms with Gasteiger partial charge in [0, 0.05) is 44.0 Å². The number of rotatable bonds is 15. The molecule has 0 saturated heterocycles. The van der Waals surface area contributed by atoms with Crippen molar-refractivity contribution in [1.29, 1.82) is 0 Å². The molecule has 206 valence electrons. The van der Waals surface area contributed by atoms with E-state index in [1.165, 1.54) is 17.7 Å². The van der Waals surface area contributed by atoms with Gasteiger partial charge in [-0.1, -0.05) is 44.5 Å². The monoisotopic (exact) mass is 527 g/mol. The normalized spacial score (nSPS) is 13.7. The van der Waals surface area contributed by atoms with E-state index in [1.807, 2.05) is 16.7 Å². The summed E-state index contributed by atoms with van der Waals surface area (Å²) in [5.74, 6) is -1.89. The van der Waals surface area contributed by atoms with Gasteiger partial charge in [-0.2, -0.15) is 0 Å². The number of aliphatic hydroxyl groups excluding tert-OH is 1. The summed E-state index contributed by atoms with van der Waals surface area (Å²) in [5, 5.41) is 17.0. The first-order chi connectivity index (χ1) is 18.3. The summed E-state index contributed by atoms with van der Waals surface area (Å²) in [6, 6.07) is 9.64. The molecule has 2 aromatic carbocycles. The smallest absolute Gasteiger partial charge is 0.237 e. The van der Waals surface area contributed by atoms with Gasteiger partial charge in [-0.25, -0.2) is 13.8 Å². The van der Waals surface area contributed by atoms with Crippen molar-refractivity contribution < 1.29 is 18.7 Å². The second-order valence-electron chi connectivity index (χ2n) is 9.71. The van der Waals surface area contributed by atoms with Gasteiger partial charge in [0.15, 0.2) is 0 Å². The third-order valence-corrected chi connectivity index (χ3v) is 6.57. The predicted octanol–water partition coefficient (Wildman–Crippen LogP) is 3.27. The molecule has 0 aliphatic heterocycles. The number of amides is 1. The van der Waals surface area contributed by atoms with E-state index in [9.17, 15) is 18.7 Å². The Morgan fingerprint density at radius 2 is 1.82 bits per heavy atom. The summed E-state index contributed by atoms with van der Waals surface area (Å²) in [5.41, 5.74) is 9.70. The molecular formula is C29H39F2N5O2. The van der Waals surface area contributed by atoms with Crippen molar-refractivity contribution in [2.24, 2.45) is 5.73 Å². The van der Waals surface area contributed by atoms with E-state index in [0.717, 1.165) is 43.1 Å². The van der Waals surface area contributed by atoms with Gasteiger partial charge in [-0.05, 0) is 48.1 Å². The van der Waals surface area contributed by atoms with Crippen molar-refractivity contribution in [2.45, 2.75) is 77.2 Å². The fourth-order valence-corrected chi connectivity index (χ4v) is 4.39. The van der Waals surface area contributed by atoms with Crippen molar-refractivity contribution in [2.75, 3.05) is 6.54 Å². The highest BCUT2D eigenvalue weighted by atomic mass is 19.1. The third kappa shape index (κ3) is 9.01. The molecule has 0 aliphatic rings. The number of carbonyl (C=O) groups is 1. The van der Waals surface area contributed by atoms with Crippen LogP contribution in [0.3, 0.4) is 0 Å². The number of benzene rings is 2. The fraction of sp³-hybridized carbons (Fsp3) is 0.448. The molecule has 3 atom stereocenters. The first-order valence-corrected chi connectivity index (χ1v) is 13.3. The second-order valence-corrected chi connectivity index (χ2v) is 9.71. The lowest BCUT2D eigenvalue weighted by molar-refractivity contribution is -0.123. The molecule has 1 heterocycles. The maximum Gasteiger partial charge on any atom is 0.237 e. The molecule has 5 N–H and O–H groups in total. The van der Waals surface area contributed by atoms with Crippen molar-refractivity contribution in [3.05, 3.63) is 89.0 Å². The Bertz CT molecular complexity index is 1150. The molecule has 0 radical (unpaired) electrons. The number of unbranched alkanes of at least 4 members (excludes halogenated alkanes) is 1. The first kappa shape index (κ1) is 29.4. The maximum atomic E-state index is 13.8. The number of imidazole rings is 1. The molecule has 3 aromatic rings. The zero-order chi connectivity index (χ0) is 27.5. The number of aryl methyl sites for hydroxylation is 2. The van der Waals surface area contributed by atoms with E-state index in [2.05, 4.69) is 41.6 Å². The van der Waals surface area contributed by atoms with Gasteiger partial charge in [0.2, 0.25) is 5.91 Å². The summed E-state index contributed by atoms with van der Waals surface area (Å²) < 4.78 is 29.6. The minimum absolute atomic E-state index is 0.0374. The zero-order valence-electron chi connectivity index (χ0n) is 22.2. The average Bonchev–Trinajstić information content (AvgIpc) is 3.33. The molecule has 0 bridgehead atoms. The summed E-state index contributed by atoms with van der Waals surface area (Å²) >= 11 is 0. The van der Waals surface area contributed by atoms with Crippen LogP contribution in [0.25, 0.3) is 0 Å². The Balaban J connectivity index is 1.66. The van der Waals surface area contributed by atoms with Crippen molar-refractivity contribution in [3.8, 4) is 0 Å². The molecule has 0 saturated carbocycles. The van der Waals surface area contributed by atoms with E-state index >= 15 is 0 Å². The molecular weight excluding hydrogens is 488 g/mol. The summed E-state index contributed by atoms with van der Waals surface area (Å²) in [6.07, 6.45) is 5.65. The zero-order valence-corrected chi connectivity index (χ0v) is 22.2. The van der Waals surface area contributed by atoms with Crippen LogP contribution in [0.5, 0.6) is 0 Å². The first-order valence-electron chi connectivity index (χ1n) is 13.3. The predicted molar refractivity (Wildman–Crippen MR) is 144 cm³/mol. The number of hydrogen-bond acceptors (Lipinski definition) is 5. The van der Waals surface area contributed by atoms with Gasteiger partial charge in [0.1, 0.15) is 11.6 Å². The van der Waals surface area contributed by atoms with E-state index in [4.69, 9.17) is 5.73 Å². The number of nitrogens with one attached hydrogen (secondary N) is 2. The number of aliphatic hydroxyl groups is 1. The van der Waals surface area contributed by atoms with Gasteiger partial charge < -0.3 is 26.0 Å². The highest BCUT2D eigenvalue weighted by Gasteiger charge is 2.25. The molecule has 7 nitrogen and oxygen atoms in total. The fourth-order valence-electron chi connectivity index (χ4n) is 4.39. The number of hydrogen-bond donors (Lipinski definition) is 4. The van der Waals surface area contributed by atoms with Crippen LogP contribution in [0.15, 0.2) is 55.0 Å². The summed E-state index contributed by atoms with van der Waals surface area (Å²) in [6.45, 7) is 5.67. The molecule has 3 rings (SSSR count). The third-order valence-electron chi connectivity index (χ3n) is 6.57. The van der Waals surface area contributed by atoms with Gasteiger partial charge in [0.25, 0.3) is 0 Å². The van der Waals surface area contributed by atoms with E-state index in [-0.39, 0.29) is 19.4 Å². The summed E-state index contributed by atoms with van der Waals surface area (Å²) in [7, 11) is 0. The highest BCUT2D eigenvalue weighted by molar-refractivity contribution is 5.82. The molecule has 0 fully saturated rings. The van der Waals surface area contributed by atoms with E-state index in [1.54, 1.807) is 12.5 Å². The number of nitrogens with zero attached hydrogens (tertiary/aromatic N) is 2. The van der Waals surface area contributed by atoms with E-state index in [0.29, 0.717) is 12.1 Å². The Kier molecular flexibility index (Phi) is 11.4. The molecule has 1 amide bonds. The van der Waals surface area contributed by atoms with E-state index < -0.39 is 35.7 Å². The lowest BCUT2D eigenvalue weighted by Crippen LogP contribution is -2.53. The highest BCUT2D eigenvalue weighted by Crippen LogP contribution is 2.13. The summed E-state index contributed by atoms with van der Waals surface area (Å²) in [4.78, 5) is 17.2. The van der Waals surface area contributed by atoms with Crippen molar-refractivity contribution >= 4 is 5.91 Å². The maximum absolute atomic E-state index is 13.8. The van der Waals surface area contributed by atoms with Crippen LogP contribution >= 0.6 is 0 Å². The van der Waals surface area contributed by atoms with Crippen LogP contribution in [-0.4, -0.2) is 45.3 Å². The van der Waals surface area contributed by atoms with Gasteiger partial charge in [0.05, 0.1) is 24.5 Å². The van der Waals surface area contributed by atoms with Crippen LogP contribution in [0.1, 0.15) is 49.1 Å². The minimum Gasteiger partial charge on any atom is -0.390 e. The molecule has 1 aromatic heterocycles. The number of halogens is 2. The molecule has 0 spiro atoms. The molecule has 38 heavy (non-hydrogen) atoms. The Labute approximate surface area is 223 Å². The second kappa shape index (κ2) is 14.7. The Morgan fingerprint density at radius 3 is 2.53 bits per heavy atom. The molecule has 9 heteroatoms. The minimum atomic E-state index is -1.03. The van der Waals surface area contributed by atoms with Crippen molar-refractivity contribution in [1.82, 2.24) is 20.2 Å². The molecule has 0 aliphatic carbocycles. The van der Waals surface area contributed by atoms with Crippen LogP contribution < -0.4 is 16.4 Å². The number of carbonyl (C=O) groups excluding carboxylic acids is 1. The van der Waals surface area contributed by atoms with Gasteiger partial charge in [-0.15, -0.1) is 0 Å². The van der Waals surface area contributed by atoms with Gasteiger partial charge in [-0.3, -0.25) is 4.79 Å². The Hall–Kier alpha value is -3.14. The lowest BCUT2D eigenvalue weighted by atomic mass is 9.99. The topological polar surface area (TPSA) is 105 Å². The largest absolute Gasteiger partial charge is 0.390 e. The number of aromatic nitrogens is 2. The van der Waals surface area contributed by atoms with Crippen LogP contribution in [-0.2, 0) is 37.1 Å². The Morgan fingerprint density at radius 1 is 1.08 bits per heavy atom. The van der Waals surface area contributed by atoms with Crippen LogP contribution in [0.4, 0.5) is 8.78 Å². The van der Waals surface area contributed by atoms with Crippen molar-refractivity contribution in [3.63, 3.8) is 0 Å². The quantitative estimate of drug-likeness (QED) is 0.243. The van der Waals surface area contributed by atoms with Gasteiger partial charge >= 0.3 is 0 Å². The number of nitrogens with two attached hydrogens (primary N) is 1. The van der Waals surface area contributed by atoms with Crippen LogP contribution in [0, 0.1) is 11.6 Å². The standard InChI is InChI=1S/C29H39F2N5O2/c1-3-5-9-36-19-34-17-25(36)15-26(32)29(38)35-27(13-22-11-23(30)14-24(31)12-22)28(37)18-33-16-21-8-6-7-20(4-2)10-21/h6-8,10-12,14,17,19,26-28,33,37H,3-5,9,13,15-16,18,32H2,1-2H3,(H,35,38). The van der Waals surface area contributed by atoms with Crippen LogP contribution in [0.2, 0.25) is 0 Å². The lowest BCUT2D eigenvalue weighted by Gasteiger charge is -2.26. The SMILES string of the molecule is CCCCn1cncc1CC(N)C(=O)NC(Cc1cc(F)cc(F)c1)C(O)CNCc1cccc(CC)c1. The average molecular weight is 528 g/mol.